The summed E-state index contributed by atoms with van der Waals surface area (Å²) < 4.78 is 1.16. The molecule has 2 nitrogen and oxygen atoms in total. The highest BCUT2D eigenvalue weighted by Crippen LogP contribution is 2.20. The Morgan fingerprint density at radius 1 is 1.57 bits per heavy atom. The second kappa shape index (κ2) is 6.18. The summed E-state index contributed by atoms with van der Waals surface area (Å²) in [5.41, 5.74) is 0. The van der Waals surface area contributed by atoms with E-state index >= 15 is 0 Å². The number of hydrogen-bond donors (Lipinski definition) is 0. The average molecular weight is 273 g/mol. The number of nitriles is 1. The van der Waals surface area contributed by atoms with E-state index in [1.165, 1.54) is 4.88 Å². The minimum Gasteiger partial charge on any atom is -0.305 e. The molecular formula is C10H13BrN2S. The van der Waals surface area contributed by atoms with Gasteiger partial charge < -0.3 is 4.90 Å². The Morgan fingerprint density at radius 2 is 2.36 bits per heavy atom. The summed E-state index contributed by atoms with van der Waals surface area (Å²) >= 11 is 5.21. The minimum absolute atomic E-state index is 0.616. The van der Waals surface area contributed by atoms with E-state index in [1.807, 2.05) is 0 Å². The SMILES string of the molecule is CN(CCC#N)CCc1cc(Br)cs1. The van der Waals surface area contributed by atoms with Gasteiger partial charge in [0.15, 0.2) is 0 Å². The van der Waals surface area contributed by atoms with Crippen molar-refractivity contribution in [1.82, 2.24) is 4.90 Å². The Hall–Kier alpha value is -0.370. The summed E-state index contributed by atoms with van der Waals surface area (Å²) in [6.45, 7) is 1.89. The summed E-state index contributed by atoms with van der Waals surface area (Å²) in [6, 6.07) is 4.31. The van der Waals surface area contributed by atoms with Gasteiger partial charge in [0, 0.05) is 34.2 Å². The topological polar surface area (TPSA) is 27.0 Å². The molecule has 1 aromatic heterocycles. The van der Waals surface area contributed by atoms with Gasteiger partial charge in [-0.25, -0.2) is 0 Å². The molecule has 0 aromatic carbocycles. The van der Waals surface area contributed by atoms with Gasteiger partial charge in [-0.15, -0.1) is 11.3 Å². The molecule has 1 aromatic rings. The van der Waals surface area contributed by atoms with Gasteiger partial charge in [0.2, 0.25) is 0 Å². The Balaban J connectivity index is 2.24. The predicted octanol–water partition coefficient (Wildman–Crippen LogP) is 2.90. The number of likely N-dealkylation sites (N-methyl/N-ethyl adjacent to an activating group) is 1. The van der Waals surface area contributed by atoms with Gasteiger partial charge in [-0.05, 0) is 35.5 Å². The molecule has 4 heteroatoms. The molecule has 0 saturated heterocycles. The second-order valence-electron chi connectivity index (χ2n) is 3.19. The van der Waals surface area contributed by atoms with Gasteiger partial charge in [-0.1, -0.05) is 0 Å². The maximum atomic E-state index is 8.42. The van der Waals surface area contributed by atoms with Gasteiger partial charge in [-0.2, -0.15) is 5.26 Å². The van der Waals surface area contributed by atoms with E-state index < -0.39 is 0 Å². The number of nitrogens with zero attached hydrogens (tertiary/aromatic N) is 2. The molecule has 14 heavy (non-hydrogen) atoms. The Labute approximate surface area is 97.3 Å². The lowest BCUT2D eigenvalue weighted by Crippen LogP contribution is -2.21. The molecule has 0 N–H and O–H groups in total. The molecule has 0 spiro atoms. The van der Waals surface area contributed by atoms with Gasteiger partial charge in [0.25, 0.3) is 0 Å². The smallest absolute Gasteiger partial charge is 0.0635 e. The van der Waals surface area contributed by atoms with Crippen molar-refractivity contribution in [3.63, 3.8) is 0 Å². The van der Waals surface area contributed by atoms with E-state index in [0.29, 0.717) is 6.42 Å². The van der Waals surface area contributed by atoms with Crippen molar-refractivity contribution in [2.24, 2.45) is 0 Å². The van der Waals surface area contributed by atoms with Crippen LogP contribution in [0, 0.1) is 11.3 Å². The zero-order chi connectivity index (χ0) is 10.4. The number of hydrogen-bond acceptors (Lipinski definition) is 3. The number of rotatable bonds is 5. The molecular weight excluding hydrogens is 260 g/mol. The Morgan fingerprint density at radius 3 is 2.93 bits per heavy atom. The van der Waals surface area contributed by atoms with Gasteiger partial charge >= 0.3 is 0 Å². The highest BCUT2D eigenvalue weighted by molar-refractivity contribution is 9.10. The monoisotopic (exact) mass is 272 g/mol. The molecule has 0 amide bonds. The van der Waals surface area contributed by atoms with Crippen molar-refractivity contribution >= 4 is 27.3 Å². The second-order valence-corrected chi connectivity index (χ2v) is 5.10. The summed E-state index contributed by atoms with van der Waals surface area (Å²) in [7, 11) is 2.06. The third-order valence-corrected chi connectivity index (χ3v) is 3.72. The largest absolute Gasteiger partial charge is 0.305 e. The molecule has 0 bridgehead atoms. The van der Waals surface area contributed by atoms with E-state index in [0.717, 1.165) is 24.0 Å². The fourth-order valence-corrected chi connectivity index (χ4v) is 2.58. The molecule has 76 valence electrons. The summed E-state index contributed by atoms with van der Waals surface area (Å²) in [5.74, 6) is 0. The van der Waals surface area contributed by atoms with Crippen LogP contribution in [0.15, 0.2) is 15.9 Å². The van der Waals surface area contributed by atoms with Crippen LogP contribution in [0.4, 0.5) is 0 Å². The first-order valence-corrected chi connectivity index (χ1v) is 6.18. The lowest BCUT2D eigenvalue weighted by Gasteiger charge is -2.13. The van der Waals surface area contributed by atoms with E-state index in [-0.39, 0.29) is 0 Å². The first-order chi connectivity index (χ1) is 6.72. The molecule has 0 fully saturated rings. The highest BCUT2D eigenvalue weighted by Gasteiger charge is 2.01. The maximum Gasteiger partial charge on any atom is 0.0635 e. The van der Waals surface area contributed by atoms with Crippen LogP contribution in [0.5, 0.6) is 0 Å². The highest BCUT2D eigenvalue weighted by atomic mass is 79.9. The summed E-state index contributed by atoms with van der Waals surface area (Å²) in [5, 5.41) is 10.5. The fraction of sp³-hybridized carbons (Fsp3) is 0.500. The average Bonchev–Trinajstić information content (AvgIpc) is 2.58. The van der Waals surface area contributed by atoms with Crippen molar-refractivity contribution in [3.05, 3.63) is 20.8 Å². The molecule has 1 heterocycles. The van der Waals surface area contributed by atoms with Crippen LogP contribution in [-0.2, 0) is 6.42 Å². The quantitative estimate of drug-likeness (QED) is 0.824. The lowest BCUT2D eigenvalue weighted by molar-refractivity contribution is 0.347. The number of halogens is 1. The van der Waals surface area contributed by atoms with Crippen molar-refractivity contribution < 1.29 is 0 Å². The maximum absolute atomic E-state index is 8.42. The molecule has 0 saturated carbocycles. The summed E-state index contributed by atoms with van der Waals surface area (Å²) in [6.07, 6.45) is 1.68. The molecule has 0 atom stereocenters. The van der Waals surface area contributed by atoms with Crippen LogP contribution < -0.4 is 0 Å². The third-order valence-electron chi connectivity index (χ3n) is 1.97. The predicted molar refractivity (Wildman–Crippen MR) is 63.5 cm³/mol. The molecule has 0 radical (unpaired) electrons. The van der Waals surface area contributed by atoms with Crippen LogP contribution in [0.1, 0.15) is 11.3 Å². The normalized spacial score (nSPS) is 10.4. The Bertz CT molecular complexity index is 316. The first-order valence-electron chi connectivity index (χ1n) is 4.51. The van der Waals surface area contributed by atoms with Crippen LogP contribution >= 0.6 is 27.3 Å². The minimum atomic E-state index is 0.616. The molecule has 1 rings (SSSR count). The molecule has 0 unspecified atom stereocenters. The van der Waals surface area contributed by atoms with Crippen LogP contribution in [0.2, 0.25) is 0 Å². The lowest BCUT2D eigenvalue weighted by atomic mass is 10.3. The van der Waals surface area contributed by atoms with Gasteiger partial charge in [0.05, 0.1) is 6.07 Å². The van der Waals surface area contributed by atoms with E-state index in [4.69, 9.17) is 5.26 Å². The van der Waals surface area contributed by atoms with E-state index in [2.05, 4.69) is 45.4 Å². The van der Waals surface area contributed by atoms with E-state index in [1.54, 1.807) is 11.3 Å². The van der Waals surface area contributed by atoms with E-state index in [9.17, 15) is 0 Å². The number of thiophene rings is 1. The zero-order valence-corrected chi connectivity index (χ0v) is 10.6. The van der Waals surface area contributed by atoms with Crippen LogP contribution in [0.25, 0.3) is 0 Å². The van der Waals surface area contributed by atoms with Gasteiger partial charge in [0.1, 0.15) is 0 Å². The zero-order valence-electron chi connectivity index (χ0n) is 8.16. The van der Waals surface area contributed by atoms with Crippen LogP contribution in [-0.4, -0.2) is 25.0 Å². The summed E-state index contributed by atoms with van der Waals surface area (Å²) in [4.78, 5) is 3.58. The van der Waals surface area contributed by atoms with Crippen molar-refractivity contribution in [1.29, 1.82) is 5.26 Å². The molecule has 0 aliphatic rings. The van der Waals surface area contributed by atoms with Crippen molar-refractivity contribution in [2.45, 2.75) is 12.8 Å². The standard InChI is InChI=1S/C10H13BrN2S/c1-13(5-2-4-12)6-3-10-7-9(11)8-14-10/h7-8H,2-3,5-6H2,1H3. The first kappa shape index (κ1) is 11.7. The fourth-order valence-electron chi connectivity index (χ4n) is 1.14. The van der Waals surface area contributed by atoms with Gasteiger partial charge in [-0.3, -0.25) is 0 Å². The third kappa shape index (κ3) is 4.23. The Kier molecular flexibility index (Phi) is 5.16. The van der Waals surface area contributed by atoms with Crippen molar-refractivity contribution in [2.75, 3.05) is 20.1 Å². The molecule has 0 aliphatic carbocycles. The van der Waals surface area contributed by atoms with Crippen molar-refractivity contribution in [3.8, 4) is 6.07 Å². The van der Waals surface area contributed by atoms with Crippen LogP contribution in [0.3, 0.4) is 0 Å². The molecule has 0 aliphatic heterocycles.